The van der Waals surface area contributed by atoms with E-state index in [9.17, 15) is 40.6 Å². The molecule has 0 saturated carbocycles. The van der Waals surface area contributed by atoms with E-state index in [-0.39, 0.29) is 34.5 Å². The number of nitrogens with one attached hydrogen (secondary N) is 1. The van der Waals surface area contributed by atoms with Crippen LogP contribution in [-0.2, 0) is 12.8 Å². The average molecular weight is 507 g/mol. The highest BCUT2D eigenvalue weighted by Crippen LogP contribution is 2.31. The normalized spacial score (nSPS) is 17.9. The van der Waals surface area contributed by atoms with Crippen molar-refractivity contribution in [3.05, 3.63) is 64.7 Å². The van der Waals surface area contributed by atoms with Crippen LogP contribution in [0.4, 0.5) is 30.7 Å². The summed E-state index contributed by atoms with van der Waals surface area (Å²) in [4.78, 5) is 13.2. The van der Waals surface area contributed by atoms with Gasteiger partial charge in [0.25, 0.3) is 0 Å². The van der Waals surface area contributed by atoms with Gasteiger partial charge in [-0.05, 0) is 54.6 Å². The molecule has 0 spiro atoms. The fourth-order valence-corrected chi connectivity index (χ4v) is 4.02. The van der Waals surface area contributed by atoms with E-state index in [0.717, 1.165) is 25.1 Å². The van der Waals surface area contributed by atoms with Gasteiger partial charge in [0.15, 0.2) is 11.9 Å². The summed E-state index contributed by atoms with van der Waals surface area (Å²) in [6.07, 6.45) is -16.1. The Morgan fingerprint density at radius 2 is 1.83 bits per heavy atom. The molecule has 35 heavy (non-hydrogen) atoms. The third kappa shape index (κ3) is 6.94. The number of aliphatic hydroxyl groups excluding tert-OH is 1. The van der Waals surface area contributed by atoms with Gasteiger partial charge in [0, 0.05) is 24.4 Å². The number of rotatable bonds is 9. The molecule has 0 amide bonds. The molecule has 0 aliphatic carbocycles. The molecule has 11 heteroatoms. The van der Waals surface area contributed by atoms with E-state index in [1.165, 1.54) is 30.3 Å². The van der Waals surface area contributed by atoms with E-state index in [1.54, 1.807) is 0 Å². The predicted molar refractivity (Wildman–Crippen MR) is 113 cm³/mol. The zero-order valence-corrected chi connectivity index (χ0v) is 18.4. The lowest BCUT2D eigenvalue weighted by Gasteiger charge is -2.24. The Bertz CT molecular complexity index is 1020. The minimum Gasteiger partial charge on any atom is -0.428 e. The molecular weight excluding hydrogens is 483 g/mol. The van der Waals surface area contributed by atoms with Crippen LogP contribution in [0.25, 0.3) is 0 Å². The number of aliphatic hydroxyl groups is 1. The molecular formula is C24H24F7NO3. The first-order valence-corrected chi connectivity index (χ1v) is 10.9. The predicted octanol–water partition coefficient (Wildman–Crippen LogP) is 5.16. The summed E-state index contributed by atoms with van der Waals surface area (Å²) in [6, 6.07) is 9.21. The number of Topliss-reactive ketones (excluding diaryl/α,β-unsaturated/α-hetero) is 1. The molecule has 2 atom stereocenters. The van der Waals surface area contributed by atoms with Gasteiger partial charge in [-0.1, -0.05) is 30.3 Å². The van der Waals surface area contributed by atoms with Gasteiger partial charge >= 0.3 is 18.7 Å². The highest BCUT2D eigenvalue weighted by atomic mass is 19.4. The first-order valence-electron chi connectivity index (χ1n) is 10.9. The second kappa shape index (κ2) is 10.9. The van der Waals surface area contributed by atoms with Gasteiger partial charge in [-0.15, -0.1) is 0 Å². The number of hydrogen-bond donors (Lipinski definition) is 2. The number of alkyl halides is 7. The van der Waals surface area contributed by atoms with Crippen molar-refractivity contribution in [2.45, 2.75) is 50.5 Å². The van der Waals surface area contributed by atoms with Gasteiger partial charge < -0.3 is 15.2 Å². The van der Waals surface area contributed by atoms with Crippen LogP contribution >= 0.6 is 0 Å². The van der Waals surface area contributed by atoms with Crippen LogP contribution in [0.5, 0.6) is 5.75 Å². The molecule has 2 N–H and O–H groups in total. The van der Waals surface area contributed by atoms with Crippen LogP contribution in [0, 0.1) is 5.92 Å². The molecule has 192 valence electrons. The molecule has 1 aliphatic rings. The quantitative estimate of drug-likeness (QED) is 0.364. The average Bonchev–Trinajstić information content (AvgIpc) is 2.79. The minimum absolute atomic E-state index is 0.00266. The van der Waals surface area contributed by atoms with Crippen molar-refractivity contribution >= 4 is 5.78 Å². The number of ether oxygens (including phenoxy) is 1. The van der Waals surface area contributed by atoms with Gasteiger partial charge in [-0.3, -0.25) is 4.79 Å². The molecule has 0 radical (unpaired) electrons. The van der Waals surface area contributed by atoms with Crippen molar-refractivity contribution in [3.8, 4) is 5.75 Å². The largest absolute Gasteiger partial charge is 0.461 e. The number of ketones is 1. The minimum atomic E-state index is -4.92. The molecule has 2 unspecified atom stereocenters. The first kappa shape index (κ1) is 26.9. The van der Waals surface area contributed by atoms with Crippen molar-refractivity contribution in [2.75, 3.05) is 13.1 Å². The molecule has 0 bridgehead atoms. The Balaban J connectivity index is 1.95. The number of carbonyl (C=O) groups is 1. The van der Waals surface area contributed by atoms with Crippen LogP contribution in [0.3, 0.4) is 0 Å². The summed E-state index contributed by atoms with van der Waals surface area (Å²) in [7, 11) is 0. The Morgan fingerprint density at radius 1 is 1.11 bits per heavy atom. The van der Waals surface area contributed by atoms with Crippen molar-refractivity contribution in [2.24, 2.45) is 5.92 Å². The lowest BCUT2D eigenvalue weighted by Crippen LogP contribution is -2.36. The topological polar surface area (TPSA) is 58.6 Å². The Morgan fingerprint density at radius 3 is 2.46 bits per heavy atom. The van der Waals surface area contributed by atoms with E-state index in [0.29, 0.717) is 13.0 Å². The van der Waals surface area contributed by atoms with Crippen LogP contribution < -0.4 is 10.1 Å². The SMILES string of the molecule is O=C(c1cccc(Cc2cccc(OC(F)(F)C(F)F)c2)c1CC(O)C(F)(F)F)C1CCCNC1. The van der Waals surface area contributed by atoms with E-state index in [4.69, 9.17) is 0 Å². The summed E-state index contributed by atoms with van der Waals surface area (Å²) in [5.74, 6) is -1.34. The lowest BCUT2D eigenvalue weighted by molar-refractivity contribution is -0.253. The fourth-order valence-electron chi connectivity index (χ4n) is 4.02. The van der Waals surface area contributed by atoms with Crippen molar-refractivity contribution in [3.63, 3.8) is 0 Å². The maximum absolute atomic E-state index is 13.3. The number of piperidine rings is 1. The van der Waals surface area contributed by atoms with Gasteiger partial charge in [-0.2, -0.15) is 30.7 Å². The lowest BCUT2D eigenvalue weighted by atomic mass is 9.84. The molecule has 1 fully saturated rings. The highest BCUT2D eigenvalue weighted by molar-refractivity contribution is 5.99. The van der Waals surface area contributed by atoms with Crippen LogP contribution in [-0.4, -0.2) is 48.8 Å². The number of hydrogen-bond acceptors (Lipinski definition) is 4. The third-order valence-electron chi connectivity index (χ3n) is 5.78. The molecule has 2 aromatic rings. The van der Waals surface area contributed by atoms with Crippen LogP contribution in [0.1, 0.15) is 39.9 Å². The van der Waals surface area contributed by atoms with Crippen molar-refractivity contribution < 1.29 is 45.4 Å². The monoisotopic (exact) mass is 507 g/mol. The van der Waals surface area contributed by atoms with Gasteiger partial charge in [0.05, 0.1) is 0 Å². The van der Waals surface area contributed by atoms with Crippen molar-refractivity contribution in [1.29, 1.82) is 0 Å². The van der Waals surface area contributed by atoms with E-state index in [2.05, 4.69) is 10.1 Å². The fraction of sp³-hybridized carbons (Fsp3) is 0.458. The van der Waals surface area contributed by atoms with Gasteiger partial charge in [-0.25, -0.2) is 0 Å². The summed E-state index contributed by atoms with van der Waals surface area (Å²) >= 11 is 0. The Kier molecular flexibility index (Phi) is 8.42. The van der Waals surface area contributed by atoms with Crippen LogP contribution in [0.15, 0.2) is 42.5 Å². The van der Waals surface area contributed by atoms with Crippen molar-refractivity contribution in [1.82, 2.24) is 5.32 Å². The molecule has 3 rings (SSSR count). The van der Waals surface area contributed by atoms with E-state index >= 15 is 0 Å². The van der Waals surface area contributed by atoms with E-state index < -0.39 is 42.9 Å². The maximum Gasteiger partial charge on any atom is 0.461 e. The Labute approximate surface area is 197 Å². The van der Waals surface area contributed by atoms with Gasteiger partial charge in [0.1, 0.15) is 5.75 Å². The Hall–Kier alpha value is -2.66. The summed E-state index contributed by atoms with van der Waals surface area (Å²) < 4.78 is 95.1. The molecule has 4 nitrogen and oxygen atoms in total. The maximum atomic E-state index is 13.3. The molecule has 0 aromatic heterocycles. The summed E-state index contributed by atoms with van der Waals surface area (Å²) in [6.45, 7) is 1.11. The number of halogens is 7. The highest BCUT2D eigenvalue weighted by Gasteiger charge is 2.44. The smallest absolute Gasteiger partial charge is 0.428 e. The molecule has 2 aromatic carbocycles. The summed E-state index contributed by atoms with van der Waals surface area (Å²) in [5.41, 5.74) is 0.591. The van der Waals surface area contributed by atoms with Crippen LogP contribution in [0.2, 0.25) is 0 Å². The zero-order chi connectivity index (χ0) is 25.8. The summed E-state index contributed by atoms with van der Waals surface area (Å²) in [5, 5.41) is 12.8. The molecule has 1 saturated heterocycles. The number of carbonyl (C=O) groups excluding carboxylic acids is 1. The third-order valence-corrected chi connectivity index (χ3v) is 5.78. The first-order chi connectivity index (χ1) is 16.4. The van der Waals surface area contributed by atoms with E-state index in [1.807, 2.05) is 0 Å². The standard InChI is InChI=1S/C24H24F7NO3/c25-22(26)24(30,31)35-17-7-1-4-14(11-17)10-15-5-2-8-18(19(15)12-20(33)23(27,28)29)21(34)16-6-3-9-32-13-16/h1-2,4-5,7-8,11,16,20,22,32-33H,3,6,9-10,12-13H2. The number of benzene rings is 2. The molecule has 1 heterocycles. The molecule has 1 aliphatic heterocycles. The zero-order valence-electron chi connectivity index (χ0n) is 18.4. The van der Waals surface area contributed by atoms with Gasteiger partial charge in [0.2, 0.25) is 0 Å². The second-order valence-electron chi connectivity index (χ2n) is 8.40. The second-order valence-corrected chi connectivity index (χ2v) is 8.40.